The zero-order valence-electron chi connectivity index (χ0n) is 11.5. The number of aliphatic hydroxyl groups excluding tert-OH is 2. The second-order valence-corrected chi connectivity index (χ2v) is 4.49. The van der Waals surface area contributed by atoms with Crippen LogP contribution in [0.3, 0.4) is 0 Å². The molecule has 1 heterocycles. The Morgan fingerprint density at radius 2 is 2.25 bits per heavy atom. The summed E-state index contributed by atoms with van der Waals surface area (Å²) in [7, 11) is 0. The summed E-state index contributed by atoms with van der Waals surface area (Å²) in [6.45, 7) is 3.78. The summed E-state index contributed by atoms with van der Waals surface area (Å²) >= 11 is 0. The molecular formula is C12H18N3O5-. The SMILES string of the molecule is C#CC(CO)(OC(C)N1C=C(C)C(=O)NN1[O-])C(C)O. The van der Waals surface area contributed by atoms with Crippen LogP contribution in [0.5, 0.6) is 0 Å². The van der Waals surface area contributed by atoms with Crippen molar-refractivity contribution in [3.05, 3.63) is 17.0 Å². The van der Waals surface area contributed by atoms with E-state index >= 15 is 0 Å². The molecule has 0 aromatic heterocycles. The summed E-state index contributed by atoms with van der Waals surface area (Å²) in [4.78, 5) is 11.3. The predicted octanol–water partition coefficient (Wildman–Crippen LogP) is -0.940. The number of carbonyl (C=O) groups is 1. The molecule has 0 aromatic rings. The van der Waals surface area contributed by atoms with Crippen molar-refractivity contribution >= 4 is 5.91 Å². The van der Waals surface area contributed by atoms with Crippen molar-refractivity contribution in [2.24, 2.45) is 0 Å². The molecule has 1 amide bonds. The number of nitrogens with zero attached hydrogens (tertiary/aromatic N) is 2. The van der Waals surface area contributed by atoms with Gasteiger partial charge in [-0.3, -0.25) is 15.2 Å². The molecule has 0 saturated heterocycles. The number of terminal acetylenes is 1. The van der Waals surface area contributed by atoms with E-state index in [1.165, 1.54) is 27.0 Å². The van der Waals surface area contributed by atoms with E-state index in [0.29, 0.717) is 5.57 Å². The number of nitrogens with one attached hydrogen (secondary N) is 1. The van der Waals surface area contributed by atoms with Crippen molar-refractivity contribution in [2.75, 3.05) is 6.61 Å². The van der Waals surface area contributed by atoms with Gasteiger partial charge in [0.25, 0.3) is 5.91 Å². The van der Waals surface area contributed by atoms with Gasteiger partial charge < -0.3 is 20.2 Å². The molecule has 8 nitrogen and oxygen atoms in total. The molecule has 0 bridgehead atoms. The van der Waals surface area contributed by atoms with Crippen molar-refractivity contribution < 1.29 is 19.7 Å². The minimum Gasteiger partial charge on any atom is -0.749 e. The summed E-state index contributed by atoms with van der Waals surface area (Å²) in [5, 5.41) is 31.8. The molecule has 1 aliphatic heterocycles. The third-order valence-corrected chi connectivity index (χ3v) is 3.00. The van der Waals surface area contributed by atoms with Crippen LogP contribution in [-0.2, 0) is 9.53 Å². The van der Waals surface area contributed by atoms with Crippen LogP contribution >= 0.6 is 0 Å². The van der Waals surface area contributed by atoms with Crippen LogP contribution in [0.1, 0.15) is 20.8 Å². The van der Waals surface area contributed by atoms with E-state index < -0.39 is 30.4 Å². The van der Waals surface area contributed by atoms with Crippen molar-refractivity contribution in [3.8, 4) is 12.3 Å². The Morgan fingerprint density at radius 1 is 1.65 bits per heavy atom. The Morgan fingerprint density at radius 3 is 2.70 bits per heavy atom. The van der Waals surface area contributed by atoms with Crippen LogP contribution in [-0.4, -0.2) is 51.0 Å². The first-order valence-electron chi connectivity index (χ1n) is 5.97. The van der Waals surface area contributed by atoms with E-state index in [4.69, 9.17) is 11.2 Å². The quantitative estimate of drug-likeness (QED) is 0.559. The molecule has 0 spiro atoms. The lowest BCUT2D eigenvalue weighted by Crippen LogP contribution is -2.58. The first-order valence-corrected chi connectivity index (χ1v) is 5.97. The Kier molecular flexibility index (Phi) is 5.10. The molecule has 20 heavy (non-hydrogen) atoms. The third-order valence-electron chi connectivity index (χ3n) is 3.00. The Hall–Kier alpha value is -1.63. The molecule has 1 aliphatic rings. The molecule has 0 fully saturated rings. The Labute approximate surface area is 117 Å². The number of hydrogen-bond acceptors (Lipinski definition) is 7. The van der Waals surface area contributed by atoms with Crippen LogP contribution in [0.4, 0.5) is 0 Å². The van der Waals surface area contributed by atoms with Gasteiger partial charge in [-0.2, -0.15) is 0 Å². The van der Waals surface area contributed by atoms with Gasteiger partial charge in [0.05, 0.1) is 12.7 Å². The smallest absolute Gasteiger partial charge is 0.263 e. The molecular weight excluding hydrogens is 266 g/mol. The average Bonchev–Trinajstić information content (AvgIpc) is 2.39. The maximum absolute atomic E-state index is 11.6. The van der Waals surface area contributed by atoms with E-state index in [-0.39, 0.29) is 5.28 Å². The monoisotopic (exact) mass is 284 g/mol. The van der Waals surface area contributed by atoms with Crippen molar-refractivity contribution in [1.82, 2.24) is 15.7 Å². The average molecular weight is 284 g/mol. The molecule has 0 radical (unpaired) electrons. The molecule has 3 atom stereocenters. The number of ether oxygens (including phenoxy) is 1. The van der Waals surface area contributed by atoms with Crippen LogP contribution < -0.4 is 5.43 Å². The number of carbonyl (C=O) groups excluding carboxylic acids is 1. The minimum absolute atomic E-state index is 0.195. The van der Waals surface area contributed by atoms with Crippen molar-refractivity contribution in [2.45, 2.75) is 38.7 Å². The molecule has 3 unspecified atom stereocenters. The lowest BCUT2D eigenvalue weighted by atomic mass is 10.00. The number of rotatable bonds is 5. The predicted molar refractivity (Wildman–Crippen MR) is 69.8 cm³/mol. The second-order valence-electron chi connectivity index (χ2n) is 4.49. The summed E-state index contributed by atoms with van der Waals surface area (Å²) in [6, 6.07) is 0. The van der Waals surface area contributed by atoms with Crippen molar-refractivity contribution in [1.29, 1.82) is 0 Å². The van der Waals surface area contributed by atoms with Gasteiger partial charge in [0.15, 0.2) is 5.60 Å². The van der Waals surface area contributed by atoms with Crippen LogP contribution in [0.15, 0.2) is 11.8 Å². The van der Waals surface area contributed by atoms with E-state index in [2.05, 4.69) is 11.3 Å². The van der Waals surface area contributed by atoms with Crippen LogP contribution in [0.2, 0.25) is 0 Å². The number of hydrazine groups is 2. The Balaban J connectivity index is 2.93. The normalized spacial score (nSPS) is 22.4. The fraction of sp³-hybridized carbons (Fsp3) is 0.583. The van der Waals surface area contributed by atoms with Gasteiger partial charge in [-0.1, -0.05) is 5.92 Å². The highest BCUT2D eigenvalue weighted by molar-refractivity contribution is 5.92. The molecule has 8 heteroatoms. The summed E-state index contributed by atoms with van der Waals surface area (Å²) in [6.07, 6.45) is 4.52. The fourth-order valence-corrected chi connectivity index (χ4v) is 1.62. The largest absolute Gasteiger partial charge is 0.749 e. The van der Waals surface area contributed by atoms with Crippen LogP contribution in [0, 0.1) is 17.6 Å². The van der Waals surface area contributed by atoms with Crippen molar-refractivity contribution in [3.63, 3.8) is 0 Å². The fourth-order valence-electron chi connectivity index (χ4n) is 1.62. The van der Waals surface area contributed by atoms with Gasteiger partial charge in [-0.25, -0.2) is 5.28 Å². The van der Waals surface area contributed by atoms with Gasteiger partial charge in [0.2, 0.25) is 0 Å². The van der Waals surface area contributed by atoms with E-state index in [1.807, 2.05) is 0 Å². The lowest BCUT2D eigenvalue weighted by Gasteiger charge is -2.46. The van der Waals surface area contributed by atoms with Gasteiger partial charge in [0, 0.05) is 11.8 Å². The number of aliphatic hydroxyl groups is 2. The van der Waals surface area contributed by atoms with E-state index in [1.54, 1.807) is 0 Å². The molecule has 112 valence electrons. The van der Waals surface area contributed by atoms with Gasteiger partial charge in [0.1, 0.15) is 6.23 Å². The zero-order valence-corrected chi connectivity index (χ0v) is 11.5. The van der Waals surface area contributed by atoms with Crippen LogP contribution in [0.25, 0.3) is 0 Å². The van der Waals surface area contributed by atoms with Gasteiger partial charge >= 0.3 is 0 Å². The van der Waals surface area contributed by atoms with E-state index in [0.717, 1.165) is 5.01 Å². The highest BCUT2D eigenvalue weighted by Crippen LogP contribution is 2.21. The second kappa shape index (κ2) is 6.21. The van der Waals surface area contributed by atoms with Gasteiger partial charge in [-0.15, -0.1) is 6.42 Å². The summed E-state index contributed by atoms with van der Waals surface area (Å²) in [5.74, 6) is 1.67. The number of amides is 1. The summed E-state index contributed by atoms with van der Waals surface area (Å²) < 4.78 is 5.44. The third kappa shape index (κ3) is 3.09. The maximum Gasteiger partial charge on any atom is 0.263 e. The molecule has 3 N–H and O–H groups in total. The first-order chi connectivity index (χ1) is 9.27. The topological polar surface area (TPSA) is 108 Å². The van der Waals surface area contributed by atoms with E-state index in [9.17, 15) is 20.2 Å². The van der Waals surface area contributed by atoms with Gasteiger partial charge in [-0.05, 0) is 20.8 Å². The number of hydrogen-bond donors (Lipinski definition) is 3. The zero-order chi connectivity index (χ0) is 15.5. The molecule has 0 aliphatic carbocycles. The molecule has 1 rings (SSSR count). The summed E-state index contributed by atoms with van der Waals surface area (Å²) in [5.41, 5.74) is 0.721. The minimum atomic E-state index is -1.64. The first kappa shape index (κ1) is 16.4. The highest BCUT2D eigenvalue weighted by atomic mass is 16.6. The highest BCUT2D eigenvalue weighted by Gasteiger charge is 2.37. The Bertz CT molecular complexity index is 445. The lowest BCUT2D eigenvalue weighted by molar-refractivity contribution is -0.208. The molecule has 0 saturated carbocycles. The maximum atomic E-state index is 11.6. The molecule has 0 aromatic carbocycles. The standard InChI is InChI=1S/C12H18N3O5/c1-5-12(7-16,9(3)17)20-10(4)14-6-8(2)11(18)13-15(14)19/h1,6,9-10,16-17H,7H2,2-4H3,(H,13,18)/q-1.